The zero-order valence-electron chi connectivity index (χ0n) is 11.2. The van der Waals surface area contributed by atoms with Crippen LogP contribution in [0.25, 0.3) is 6.08 Å². The predicted molar refractivity (Wildman–Crippen MR) is 75.1 cm³/mol. The van der Waals surface area contributed by atoms with Crippen LogP contribution in [0.4, 0.5) is 0 Å². The Balaban J connectivity index is 2.12. The molecule has 7 nitrogen and oxygen atoms in total. The number of aromatic nitrogens is 1. The summed E-state index contributed by atoms with van der Waals surface area (Å²) in [5.41, 5.74) is 0.0850. The Morgan fingerprint density at radius 2 is 2.19 bits per heavy atom. The van der Waals surface area contributed by atoms with Gasteiger partial charge < -0.3 is 10.0 Å². The lowest BCUT2D eigenvalue weighted by Crippen LogP contribution is -2.58. The van der Waals surface area contributed by atoms with Crippen molar-refractivity contribution in [3.05, 3.63) is 22.2 Å². The molecule has 1 aromatic heterocycles. The van der Waals surface area contributed by atoms with E-state index in [0.29, 0.717) is 5.01 Å². The minimum absolute atomic E-state index is 0.0850. The monoisotopic (exact) mass is 328 g/mol. The van der Waals surface area contributed by atoms with Crippen molar-refractivity contribution < 1.29 is 23.1 Å². The molecule has 21 heavy (non-hydrogen) atoms. The van der Waals surface area contributed by atoms with Crippen molar-refractivity contribution in [2.75, 3.05) is 0 Å². The highest BCUT2D eigenvalue weighted by molar-refractivity contribution is 7.94. The van der Waals surface area contributed by atoms with Crippen LogP contribution in [0, 0.1) is 0 Å². The molecule has 2 fully saturated rings. The van der Waals surface area contributed by atoms with E-state index in [1.165, 1.54) is 31.3 Å². The van der Waals surface area contributed by atoms with Gasteiger partial charge >= 0.3 is 5.97 Å². The van der Waals surface area contributed by atoms with Crippen LogP contribution in [0.5, 0.6) is 0 Å². The van der Waals surface area contributed by atoms with E-state index in [1.54, 1.807) is 11.6 Å². The van der Waals surface area contributed by atoms with E-state index in [4.69, 9.17) is 0 Å². The van der Waals surface area contributed by atoms with E-state index < -0.39 is 37.9 Å². The van der Waals surface area contributed by atoms with Crippen molar-refractivity contribution in [1.82, 2.24) is 9.88 Å². The number of hydrogen-bond donors (Lipinski definition) is 1. The minimum Gasteiger partial charge on any atom is -0.480 e. The molecular weight excluding hydrogens is 316 g/mol. The molecule has 2 aliphatic heterocycles. The van der Waals surface area contributed by atoms with Gasteiger partial charge in [0, 0.05) is 11.6 Å². The fourth-order valence-electron chi connectivity index (χ4n) is 2.78. The van der Waals surface area contributed by atoms with Crippen molar-refractivity contribution in [1.29, 1.82) is 0 Å². The molecule has 0 aromatic carbocycles. The highest BCUT2D eigenvalue weighted by Crippen LogP contribution is 2.48. The molecule has 1 N–H and O–H groups in total. The maximum absolute atomic E-state index is 12.6. The van der Waals surface area contributed by atoms with Gasteiger partial charge in [-0.3, -0.25) is 4.79 Å². The molecule has 0 radical (unpaired) electrons. The number of carboxylic acid groups (broad SMARTS) is 1. The number of sulfone groups is 1. The topological polar surface area (TPSA) is 105 Å². The Kier molecular flexibility index (Phi) is 2.80. The number of nitrogens with zero attached hydrogens (tertiary/aromatic N) is 2. The van der Waals surface area contributed by atoms with Crippen LogP contribution in [-0.4, -0.2) is 51.4 Å². The summed E-state index contributed by atoms with van der Waals surface area (Å²) in [7, 11) is -3.81. The normalized spacial score (nSPS) is 31.0. The van der Waals surface area contributed by atoms with Crippen LogP contribution >= 0.6 is 11.3 Å². The first kappa shape index (κ1) is 14.2. The van der Waals surface area contributed by atoms with E-state index >= 15 is 0 Å². The molecule has 3 rings (SSSR count). The number of carbonyl (C=O) groups excluding carboxylic acids is 1. The van der Waals surface area contributed by atoms with Crippen molar-refractivity contribution >= 4 is 39.1 Å². The maximum atomic E-state index is 12.6. The number of aliphatic carboxylic acids is 1. The minimum atomic E-state index is -3.81. The SMILES string of the molecule is CC1(C)[C@H](C(=O)O)N2C(=O)/C(=C\c3nccs3)[C@H]2S1(=O)=O. The second kappa shape index (κ2) is 4.14. The number of β-lactam (4-membered cyclic amide) rings is 1. The van der Waals surface area contributed by atoms with Gasteiger partial charge in [-0.15, -0.1) is 11.3 Å². The first-order chi connectivity index (χ1) is 9.69. The first-order valence-corrected chi connectivity index (χ1v) is 8.52. The molecule has 0 saturated carbocycles. The van der Waals surface area contributed by atoms with Crippen molar-refractivity contribution in [3.8, 4) is 0 Å². The van der Waals surface area contributed by atoms with Crippen LogP contribution in [0.15, 0.2) is 17.2 Å². The average Bonchev–Trinajstić information content (AvgIpc) is 2.91. The largest absolute Gasteiger partial charge is 0.480 e. The first-order valence-electron chi connectivity index (χ1n) is 6.09. The quantitative estimate of drug-likeness (QED) is 0.620. The third-order valence-corrected chi connectivity index (χ3v) is 7.41. The Morgan fingerprint density at radius 1 is 1.52 bits per heavy atom. The van der Waals surface area contributed by atoms with Crippen LogP contribution in [0.3, 0.4) is 0 Å². The van der Waals surface area contributed by atoms with E-state index in [9.17, 15) is 23.1 Å². The highest BCUT2D eigenvalue weighted by Gasteiger charge is 2.70. The second-order valence-electron chi connectivity index (χ2n) is 5.42. The molecule has 9 heteroatoms. The van der Waals surface area contributed by atoms with E-state index in [2.05, 4.69) is 4.98 Å². The maximum Gasteiger partial charge on any atom is 0.328 e. The molecule has 3 heterocycles. The van der Waals surface area contributed by atoms with Gasteiger partial charge in [0.05, 0.1) is 5.57 Å². The molecular formula is C12H12N2O5S2. The highest BCUT2D eigenvalue weighted by atomic mass is 32.2. The second-order valence-corrected chi connectivity index (χ2v) is 8.94. The van der Waals surface area contributed by atoms with Gasteiger partial charge in [0.15, 0.2) is 21.3 Å². The van der Waals surface area contributed by atoms with Crippen molar-refractivity contribution in [3.63, 3.8) is 0 Å². The predicted octanol–water partition coefficient (Wildman–Crippen LogP) is 0.355. The van der Waals surface area contributed by atoms with Crippen molar-refractivity contribution in [2.24, 2.45) is 0 Å². The number of fused-ring (bicyclic) bond motifs is 1. The summed E-state index contributed by atoms with van der Waals surface area (Å²) in [5, 5.41) is 10.3. The summed E-state index contributed by atoms with van der Waals surface area (Å²) in [6.07, 6.45) is 2.97. The van der Waals surface area contributed by atoms with Crippen molar-refractivity contribution in [2.45, 2.75) is 30.0 Å². The molecule has 0 bridgehead atoms. The lowest BCUT2D eigenvalue weighted by Gasteiger charge is -2.37. The van der Waals surface area contributed by atoms with E-state index in [1.807, 2.05) is 0 Å². The lowest BCUT2D eigenvalue weighted by atomic mass is 9.95. The molecule has 112 valence electrons. The fourth-order valence-corrected chi connectivity index (χ4v) is 5.48. The molecule has 0 spiro atoms. The lowest BCUT2D eigenvalue weighted by molar-refractivity contribution is -0.152. The number of thiazole rings is 1. The van der Waals surface area contributed by atoms with Gasteiger partial charge in [0.2, 0.25) is 0 Å². The molecule has 1 amide bonds. The summed E-state index contributed by atoms with van der Waals surface area (Å²) >= 11 is 1.27. The van der Waals surface area contributed by atoms with Gasteiger partial charge in [-0.2, -0.15) is 0 Å². The summed E-state index contributed by atoms with van der Waals surface area (Å²) in [5.74, 6) is -1.87. The Bertz CT molecular complexity index is 764. The number of rotatable bonds is 2. The van der Waals surface area contributed by atoms with Gasteiger partial charge in [-0.25, -0.2) is 18.2 Å². The summed E-state index contributed by atoms with van der Waals surface area (Å²) < 4.78 is 23.6. The summed E-state index contributed by atoms with van der Waals surface area (Å²) in [6, 6.07) is -1.37. The van der Waals surface area contributed by atoms with Crippen LogP contribution in [0.1, 0.15) is 18.9 Å². The standard InChI is InChI=1S/C12H12N2O5S2/c1-12(2)8(11(16)17)14-9(15)6(10(14)21(12,18)19)5-7-13-3-4-20-7/h3-5,8,10H,1-2H3,(H,16,17)/b6-5+/t8-,10+/m0/s1. The third-order valence-electron chi connectivity index (χ3n) is 3.93. The van der Waals surface area contributed by atoms with Crippen LogP contribution < -0.4 is 0 Å². The van der Waals surface area contributed by atoms with Gasteiger partial charge in [0.25, 0.3) is 5.91 Å². The van der Waals surface area contributed by atoms with Crippen LogP contribution in [-0.2, 0) is 19.4 Å². The Hall–Kier alpha value is -1.74. The summed E-state index contributed by atoms with van der Waals surface area (Å²) in [4.78, 5) is 28.5. The Morgan fingerprint density at radius 3 is 2.71 bits per heavy atom. The average molecular weight is 328 g/mol. The molecule has 2 atom stereocenters. The third kappa shape index (κ3) is 1.64. The van der Waals surface area contributed by atoms with Crippen LogP contribution in [0.2, 0.25) is 0 Å². The molecule has 2 saturated heterocycles. The molecule has 2 aliphatic rings. The van der Waals surface area contributed by atoms with Gasteiger partial charge in [0.1, 0.15) is 9.75 Å². The number of carboxylic acids is 1. The zero-order valence-corrected chi connectivity index (χ0v) is 12.8. The zero-order chi connectivity index (χ0) is 15.6. The summed E-state index contributed by atoms with van der Waals surface area (Å²) in [6.45, 7) is 2.68. The molecule has 0 aliphatic carbocycles. The Labute approximate surface area is 124 Å². The smallest absolute Gasteiger partial charge is 0.328 e. The van der Waals surface area contributed by atoms with Gasteiger partial charge in [-0.1, -0.05) is 0 Å². The number of carbonyl (C=O) groups is 2. The van der Waals surface area contributed by atoms with Gasteiger partial charge in [-0.05, 0) is 19.9 Å². The fraction of sp³-hybridized carbons (Fsp3) is 0.417. The number of hydrogen-bond acceptors (Lipinski definition) is 6. The van der Waals surface area contributed by atoms with E-state index in [0.717, 1.165) is 4.90 Å². The number of amides is 1. The molecule has 0 unspecified atom stereocenters. The molecule has 1 aromatic rings. The van der Waals surface area contributed by atoms with E-state index in [-0.39, 0.29) is 5.57 Å².